The number of benzene rings is 1. The lowest BCUT2D eigenvalue weighted by Crippen LogP contribution is -2.45. The van der Waals surface area contributed by atoms with E-state index in [4.69, 9.17) is 0 Å². The van der Waals surface area contributed by atoms with E-state index in [0.717, 1.165) is 31.6 Å². The van der Waals surface area contributed by atoms with Crippen LogP contribution in [0.25, 0.3) is 0 Å². The number of anilines is 1. The Morgan fingerprint density at radius 1 is 1.39 bits per heavy atom. The third kappa shape index (κ3) is 2.79. The largest absolute Gasteiger partial charge is 0.380 e. The average molecular weight is 249 g/mol. The summed E-state index contributed by atoms with van der Waals surface area (Å²) in [5, 5.41) is 17.7. The normalized spacial score (nSPS) is 18.3. The van der Waals surface area contributed by atoms with Gasteiger partial charge in [0, 0.05) is 22.9 Å². The number of hydrogen-bond acceptors (Lipinski definition) is 4. The van der Waals surface area contributed by atoms with Crippen LogP contribution < -0.4 is 10.6 Å². The molecule has 0 saturated carbocycles. The van der Waals surface area contributed by atoms with Gasteiger partial charge in [0.1, 0.15) is 0 Å². The fourth-order valence-corrected chi connectivity index (χ4v) is 2.34. The van der Waals surface area contributed by atoms with Crippen molar-refractivity contribution in [2.45, 2.75) is 32.2 Å². The van der Waals surface area contributed by atoms with E-state index in [2.05, 4.69) is 17.6 Å². The summed E-state index contributed by atoms with van der Waals surface area (Å²) in [5.74, 6) is 0. The van der Waals surface area contributed by atoms with Gasteiger partial charge in [0.05, 0.1) is 4.92 Å². The van der Waals surface area contributed by atoms with Crippen LogP contribution in [0.1, 0.15) is 25.3 Å². The van der Waals surface area contributed by atoms with Gasteiger partial charge in [-0.1, -0.05) is 6.07 Å². The predicted molar refractivity (Wildman–Crippen MR) is 72.0 cm³/mol. The second kappa shape index (κ2) is 4.94. The molecular formula is C13H19N3O2. The first-order valence-electron chi connectivity index (χ1n) is 6.24. The Hall–Kier alpha value is -1.62. The number of aryl methyl sites for hydroxylation is 1. The highest BCUT2D eigenvalue weighted by molar-refractivity contribution is 5.56. The summed E-state index contributed by atoms with van der Waals surface area (Å²) in [6, 6.07) is 5.34. The second-order valence-electron chi connectivity index (χ2n) is 5.19. The van der Waals surface area contributed by atoms with Gasteiger partial charge in [-0.25, -0.2) is 0 Å². The quantitative estimate of drug-likeness (QED) is 0.638. The van der Waals surface area contributed by atoms with Gasteiger partial charge in [0.25, 0.3) is 5.69 Å². The van der Waals surface area contributed by atoms with Crippen LogP contribution in [0, 0.1) is 17.0 Å². The molecule has 1 saturated heterocycles. The summed E-state index contributed by atoms with van der Waals surface area (Å²) in [6.07, 6.45) is 2.04. The van der Waals surface area contributed by atoms with Crippen molar-refractivity contribution in [2.24, 2.45) is 0 Å². The van der Waals surface area contributed by atoms with E-state index in [1.165, 1.54) is 0 Å². The first kappa shape index (κ1) is 12.8. The molecule has 2 rings (SSSR count). The van der Waals surface area contributed by atoms with Gasteiger partial charge in [-0.15, -0.1) is 0 Å². The molecule has 5 nitrogen and oxygen atoms in total. The first-order valence-corrected chi connectivity index (χ1v) is 6.24. The summed E-state index contributed by atoms with van der Waals surface area (Å²) in [4.78, 5) is 10.6. The number of rotatable bonds is 3. The molecule has 0 aliphatic carbocycles. The molecule has 1 aromatic rings. The smallest absolute Gasteiger partial charge is 0.274 e. The zero-order valence-electron chi connectivity index (χ0n) is 10.8. The Balaban J connectivity index is 2.18. The highest BCUT2D eigenvalue weighted by atomic mass is 16.6. The van der Waals surface area contributed by atoms with Crippen LogP contribution in [-0.2, 0) is 0 Å². The molecule has 0 atom stereocenters. The van der Waals surface area contributed by atoms with Crippen molar-refractivity contribution in [3.8, 4) is 0 Å². The monoisotopic (exact) mass is 249 g/mol. The van der Waals surface area contributed by atoms with Crippen molar-refractivity contribution in [2.75, 3.05) is 18.4 Å². The fourth-order valence-electron chi connectivity index (χ4n) is 2.34. The first-order chi connectivity index (χ1) is 8.50. The number of nitrogens with zero attached hydrogens (tertiary/aromatic N) is 1. The molecule has 0 aromatic heterocycles. The Bertz CT molecular complexity index is 454. The topological polar surface area (TPSA) is 67.2 Å². The summed E-state index contributed by atoms with van der Waals surface area (Å²) >= 11 is 0. The van der Waals surface area contributed by atoms with Crippen molar-refractivity contribution in [1.82, 2.24) is 5.32 Å². The minimum absolute atomic E-state index is 0.0222. The van der Waals surface area contributed by atoms with E-state index >= 15 is 0 Å². The maximum Gasteiger partial charge on any atom is 0.274 e. The summed E-state index contributed by atoms with van der Waals surface area (Å²) in [7, 11) is 0. The van der Waals surface area contributed by atoms with Crippen molar-refractivity contribution >= 4 is 11.4 Å². The number of nitro benzene ring substituents is 1. The van der Waals surface area contributed by atoms with Crippen molar-refractivity contribution in [1.29, 1.82) is 0 Å². The molecule has 98 valence electrons. The standard InChI is InChI=1S/C13H19N3O2/c1-10-3-4-11(9-12(10)16(17)18)15-13(2)5-7-14-8-6-13/h3-4,9,14-15H,5-8H2,1-2H3. The molecule has 0 unspecified atom stereocenters. The minimum atomic E-state index is -0.328. The SMILES string of the molecule is Cc1ccc(NC2(C)CCNCC2)cc1[N+](=O)[O-]. The Labute approximate surface area is 107 Å². The van der Waals surface area contributed by atoms with Gasteiger partial charge in [-0.05, 0) is 45.8 Å². The predicted octanol–water partition coefficient (Wildman–Crippen LogP) is 2.46. The molecule has 1 aromatic carbocycles. The van der Waals surface area contributed by atoms with E-state index in [9.17, 15) is 10.1 Å². The van der Waals surface area contributed by atoms with Crippen molar-refractivity contribution in [3.63, 3.8) is 0 Å². The average Bonchev–Trinajstić information content (AvgIpc) is 2.32. The molecule has 18 heavy (non-hydrogen) atoms. The van der Waals surface area contributed by atoms with Gasteiger partial charge < -0.3 is 10.6 Å². The van der Waals surface area contributed by atoms with Gasteiger partial charge in [-0.2, -0.15) is 0 Å². The highest BCUT2D eigenvalue weighted by Gasteiger charge is 2.26. The summed E-state index contributed by atoms with van der Waals surface area (Å²) < 4.78 is 0. The van der Waals surface area contributed by atoms with E-state index in [1.807, 2.05) is 6.07 Å². The van der Waals surface area contributed by atoms with Crippen molar-refractivity contribution in [3.05, 3.63) is 33.9 Å². The zero-order valence-corrected chi connectivity index (χ0v) is 10.8. The molecule has 0 radical (unpaired) electrons. The molecule has 5 heteroatoms. The van der Waals surface area contributed by atoms with Gasteiger partial charge in [0.15, 0.2) is 0 Å². The van der Waals surface area contributed by atoms with Gasteiger partial charge in [-0.3, -0.25) is 10.1 Å². The minimum Gasteiger partial charge on any atom is -0.380 e. The van der Waals surface area contributed by atoms with Crippen LogP contribution in [-0.4, -0.2) is 23.6 Å². The highest BCUT2D eigenvalue weighted by Crippen LogP contribution is 2.27. The lowest BCUT2D eigenvalue weighted by Gasteiger charge is -2.36. The lowest BCUT2D eigenvalue weighted by molar-refractivity contribution is -0.385. The van der Waals surface area contributed by atoms with E-state index in [1.54, 1.807) is 19.1 Å². The Morgan fingerprint density at radius 3 is 2.67 bits per heavy atom. The lowest BCUT2D eigenvalue weighted by atomic mass is 9.90. The van der Waals surface area contributed by atoms with Crippen LogP contribution in [0.4, 0.5) is 11.4 Å². The van der Waals surface area contributed by atoms with E-state index < -0.39 is 0 Å². The molecule has 0 amide bonds. The van der Waals surface area contributed by atoms with Gasteiger partial charge >= 0.3 is 0 Å². The van der Waals surface area contributed by atoms with Crippen LogP contribution in [0.3, 0.4) is 0 Å². The third-order valence-corrected chi connectivity index (χ3v) is 3.56. The van der Waals surface area contributed by atoms with E-state index in [-0.39, 0.29) is 16.1 Å². The van der Waals surface area contributed by atoms with Crippen LogP contribution in [0.5, 0.6) is 0 Å². The summed E-state index contributed by atoms with van der Waals surface area (Å²) in [6.45, 7) is 5.89. The molecule has 2 N–H and O–H groups in total. The molecule has 1 aliphatic heterocycles. The molecule has 0 bridgehead atoms. The summed E-state index contributed by atoms with van der Waals surface area (Å²) in [5.41, 5.74) is 1.73. The van der Waals surface area contributed by atoms with Crippen LogP contribution in [0.15, 0.2) is 18.2 Å². The molecule has 1 heterocycles. The molecular weight excluding hydrogens is 230 g/mol. The number of piperidine rings is 1. The Morgan fingerprint density at radius 2 is 2.06 bits per heavy atom. The third-order valence-electron chi connectivity index (χ3n) is 3.56. The molecule has 0 spiro atoms. The van der Waals surface area contributed by atoms with Crippen LogP contribution in [0.2, 0.25) is 0 Å². The molecule has 1 fully saturated rings. The maximum absolute atomic E-state index is 10.9. The maximum atomic E-state index is 10.9. The Kier molecular flexibility index (Phi) is 3.52. The zero-order chi connectivity index (χ0) is 13.2. The second-order valence-corrected chi connectivity index (χ2v) is 5.19. The van der Waals surface area contributed by atoms with Crippen molar-refractivity contribution < 1.29 is 4.92 Å². The number of hydrogen-bond donors (Lipinski definition) is 2. The van der Waals surface area contributed by atoms with E-state index in [0.29, 0.717) is 5.56 Å². The number of nitro groups is 1. The molecule has 1 aliphatic rings. The fraction of sp³-hybridized carbons (Fsp3) is 0.538. The van der Waals surface area contributed by atoms with Crippen LogP contribution >= 0.6 is 0 Å². The van der Waals surface area contributed by atoms with Gasteiger partial charge in [0.2, 0.25) is 0 Å². The number of nitrogens with one attached hydrogen (secondary N) is 2.